The van der Waals surface area contributed by atoms with Crippen LogP contribution in [0.1, 0.15) is 30.4 Å². The molecule has 7 heteroatoms. The van der Waals surface area contributed by atoms with E-state index < -0.39 is 5.60 Å². The standard InChI is InChI=1S/C27H34FN3O3/c1-22-18-29-31(19-22)15-16-33-24-8-5-7-23(17-24)20-30-13-6-11-27(32-2,12-14-30)21-34-26-10-4-3-9-25(26)28/h3-5,7-10,17-19H,6,11-16,20-21H2,1-2H3. The summed E-state index contributed by atoms with van der Waals surface area (Å²) in [6.45, 7) is 6.39. The number of aryl methyl sites for hydroxylation is 1. The molecule has 0 N–H and O–H groups in total. The van der Waals surface area contributed by atoms with E-state index in [1.54, 1.807) is 25.3 Å². The lowest BCUT2D eigenvalue weighted by atomic mass is 9.95. The molecular weight excluding hydrogens is 433 g/mol. The minimum Gasteiger partial charge on any atom is -0.492 e. The van der Waals surface area contributed by atoms with Crippen LogP contribution in [0.4, 0.5) is 4.39 Å². The topological polar surface area (TPSA) is 48.8 Å². The van der Waals surface area contributed by atoms with Crippen molar-refractivity contribution in [3.8, 4) is 11.5 Å². The highest BCUT2D eigenvalue weighted by atomic mass is 19.1. The molecule has 2 aromatic carbocycles. The molecular formula is C27H34FN3O3. The van der Waals surface area contributed by atoms with E-state index in [0.29, 0.717) is 13.2 Å². The number of rotatable bonds is 10. The lowest BCUT2D eigenvalue weighted by Crippen LogP contribution is -2.39. The number of nitrogens with zero attached hydrogens (tertiary/aromatic N) is 3. The Balaban J connectivity index is 1.29. The Labute approximate surface area is 201 Å². The molecule has 182 valence electrons. The summed E-state index contributed by atoms with van der Waals surface area (Å²) in [5.41, 5.74) is 1.96. The number of hydrogen-bond donors (Lipinski definition) is 0. The third-order valence-corrected chi connectivity index (χ3v) is 6.41. The molecule has 0 radical (unpaired) electrons. The Bertz CT molecular complexity index is 1060. The summed E-state index contributed by atoms with van der Waals surface area (Å²) in [5, 5.41) is 4.30. The maximum atomic E-state index is 14.0. The summed E-state index contributed by atoms with van der Waals surface area (Å²) in [6, 6.07) is 14.8. The molecule has 0 amide bonds. The number of hydrogen-bond acceptors (Lipinski definition) is 5. The molecule has 1 unspecified atom stereocenters. The zero-order valence-electron chi connectivity index (χ0n) is 20.1. The third-order valence-electron chi connectivity index (χ3n) is 6.41. The largest absolute Gasteiger partial charge is 0.492 e. The van der Waals surface area contributed by atoms with Crippen molar-refractivity contribution in [3.05, 3.63) is 77.9 Å². The predicted molar refractivity (Wildman–Crippen MR) is 130 cm³/mol. The zero-order chi connectivity index (χ0) is 23.8. The van der Waals surface area contributed by atoms with Crippen LogP contribution in [-0.4, -0.2) is 53.7 Å². The second kappa shape index (κ2) is 11.5. The van der Waals surface area contributed by atoms with Gasteiger partial charge in [-0.25, -0.2) is 4.39 Å². The second-order valence-corrected chi connectivity index (χ2v) is 9.01. The van der Waals surface area contributed by atoms with Gasteiger partial charge in [0.1, 0.15) is 24.6 Å². The molecule has 34 heavy (non-hydrogen) atoms. The Hall–Kier alpha value is -2.90. The molecule has 2 heterocycles. The van der Waals surface area contributed by atoms with Crippen molar-refractivity contribution < 1.29 is 18.6 Å². The number of aromatic nitrogens is 2. The van der Waals surface area contributed by atoms with E-state index in [1.807, 2.05) is 36.1 Å². The summed E-state index contributed by atoms with van der Waals surface area (Å²) in [4.78, 5) is 2.44. The molecule has 1 saturated heterocycles. The van der Waals surface area contributed by atoms with Crippen molar-refractivity contribution in [1.82, 2.24) is 14.7 Å². The lowest BCUT2D eigenvalue weighted by molar-refractivity contribution is -0.0548. The summed E-state index contributed by atoms with van der Waals surface area (Å²) < 4.78 is 33.6. The number of para-hydroxylation sites is 1. The molecule has 0 aliphatic carbocycles. The van der Waals surface area contributed by atoms with Crippen LogP contribution in [0.15, 0.2) is 60.9 Å². The summed E-state index contributed by atoms with van der Waals surface area (Å²) in [6.07, 6.45) is 6.57. The SMILES string of the molecule is COC1(COc2ccccc2F)CCCN(Cc2cccc(OCCn3cc(C)cn3)c2)CC1. The van der Waals surface area contributed by atoms with Gasteiger partial charge in [-0.15, -0.1) is 0 Å². The number of ether oxygens (including phenoxy) is 3. The van der Waals surface area contributed by atoms with Gasteiger partial charge in [-0.2, -0.15) is 5.10 Å². The van der Waals surface area contributed by atoms with E-state index in [1.165, 1.54) is 11.6 Å². The highest BCUT2D eigenvalue weighted by Crippen LogP contribution is 2.29. The highest BCUT2D eigenvalue weighted by Gasteiger charge is 2.34. The molecule has 1 atom stereocenters. The molecule has 1 aliphatic heterocycles. The molecule has 1 aromatic heterocycles. The molecule has 4 rings (SSSR count). The molecule has 3 aromatic rings. The first-order valence-corrected chi connectivity index (χ1v) is 11.9. The van der Waals surface area contributed by atoms with Crippen LogP contribution >= 0.6 is 0 Å². The molecule has 1 fully saturated rings. The molecule has 0 spiro atoms. The summed E-state index contributed by atoms with van der Waals surface area (Å²) in [5.74, 6) is 0.811. The van der Waals surface area contributed by atoms with Gasteiger partial charge in [0.2, 0.25) is 0 Å². The normalized spacial score (nSPS) is 19.0. The van der Waals surface area contributed by atoms with E-state index in [0.717, 1.165) is 56.8 Å². The van der Waals surface area contributed by atoms with Crippen molar-refractivity contribution >= 4 is 0 Å². The Morgan fingerprint density at radius 3 is 2.74 bits per heavy atom. The van der Waals surface area contributed by atoms with Crippen LogP contribution in [-0.2, 0) is 17.8 Å². The highest BCUT2D eigenvalue weighted by molar-refractivity contribution is 5.28. The zero-order valence-corrected chi connectivity index (χ0v) is 20.1. The monoisotopic (exact) mass is 467 g/mol. The molecule has 1 aliphatic rings. The third kappa shape index (κ3) is 6.58. The maximum Gasteiger partial charge on any atom is 0.165 e. The van der Waals surface area contributed by atoms with Gasteiger partial charge in [-0.1, -0.05) is 24.3 Å². The van der Waals surface area contributed by atoms with Gasteiger partial charge in [-0.3, -0.25) is 9.58 Å². The Morgan fingerprint density at radius 1 is 1.06 bits per heavy atom. The van der Waals surface area contributed by atoms with E-state index >= 15 is 0 Å². The fourth-order valence-corrected chi connectivity index (χ4v) is 4.40. The van der Waals surface area contributed by atoms with Crippen molar-refractivity contribution in [2.75, 3.05) is 33.4 Å². The first kappa shape index (κ1) is 24.2. The van der Waals surface area contributed by atoms with Gasteiger partial charge in [0, 0.05) is 26.4 Å². The van der Waals surface area contributed by atoms with Gasteiger partial charge in [0.05, 0.1) is 12.7 Å². The van der Waals surface area contributed by atoms with Crippen LogP contribution < -0.4 is 9.47 Å². The van der Waals surface area contributed by atoms with Crippen molar-refractivity contribution in [1.29, 1.82) is 0 Å². The predicted octanol–water partition coefficient (Wildman–Crippen LogP) is 4.86. The summed E-state index contributed by atoms with van der Waals surface area (Å²) in [7, 11) is 1.73. The average Bonchev–Trinajstić information content (AvgIpc) is 3.15. The van der Waals surface area contributed by atoms with Crippen LogP contribution in [0.25, 0.3) is 0 Å². The Kier molecular flexibility index (Phi) is 8.19. The fourth-order valence-electron chi connectivity index (χ4n) is 4.40. The van der Waals surface area contributed by atoms with Crippen LogP contribution in [0.2, 0.25) is 0 Å². The minimum atomic E-state index is -0.410. The van der Waals surface area contributed by atoms with Crippen molar-refractivity contribution in [2.24, 2.45) is 0 Å². The van der Waals surface area contributed by atoms with E-state index in [4.69, 9.17) is 14.2 Å². The maximum absolute atomic E-state index is 14.0. The van der Waals surface area contributed by atoms with Crippen molar-refractivity contribution in [2.45, 2.75) is 44.9 Å². The first-order chi connectivity index (χ1) is 16.5. The quantitative estimate of drug-likeness (QED) is 0.426. The van der Waals surface area contributed by atoms with Gasteiger partial charge in [0.15, 0.2) is 11.6 Å². The van der Waals surface area contributed by atoms with E-state index in [9.17, 15) is 4.39 Å². The first-order valence-electron chi connectivity index (χ1n) is 11.9. The summed E-state index contributed by atoms with van der Waals surface area (Å²) >= 11 is 0. The van der Waals surface area contributed by atoms with E-state index in [-0.39, 0.29) is 11.6 Å². The van der Waals surface area contributed by atoms with Gasteiger partial charge >= 0.3 is 0 Å². The van der Waals surface area contributed by atoms with Crippen LogP contribution in [0, 0.1) is 12.7 Å². The van der Waals surface area contributed by atoms with Gasteiger partial charge in [0.25, 0.3) is 0 Å². The molecule has 6 nitrogen and oxygen atoms in total. The Morgan fingerprint density at radius 2 is 1.94 bits per heavy atom. The van der Waals surface area contributed by atoms with Gasteiger partial charge < -0.3 is 14.2 Å². The smallest absolute Gasteiger partial charge is 0.165 e. The number of halogens is 1. The second-order valence-electron chi connectivity index (χ2n) is 9.01. The lowest BCUT2D eigenvalue weighted by Gasteiger charge is -2.31. The van der Waals surface area contributed by atoms with Crippen molar-refractivity contribution in [3.63, 3.8) is 0 Å². The number of benzene rings is 2. The molecule has 0 bridgehead atoms. The van der Waals surface area contributed by atoms with E-state index in [2.05, 4.69) is 22.1 Å². The van der Waals surface area contributed by atoms with Crippen LogP contribution in [0.3, 0.4) is 0 Å². The number of likely N-dealkylation sites (tertiary alicyclic amines) is 1. The molecule has 0 saturated carbocycles. The van der Waals surface area contributed by atoms with Crippen LogP contribution in [0.5, 0.6) is 11.5 Å². The van der Waals surface area contributed by atoms with Gasteiger partial charge in [-0.05, 0) is 68.1 Å². The fraction of sp³-hybridized carbons (Fsp3) is 0.444. The number of methoxy groups -OCH3 is 1. The minimum absolute atomic E-state index is 0.277. The average molecular weight is 468 g/mol.